The maximum Gasteiger partial charge on any atom is 0.149 e. The molecule has 0 aromatic heterocycles. The zero-order valence-corrected chi connectivity index (χ0v) is 8.41. The van der Waals surface area contributed by atoms with Gasteiger partial charge in [-0.15, -0.1) is 0 Å². The van der Waals surface area contributed by atoms with Gasteiger partial charge in [-0.1, -0.05) is 0 Å². The van der Waals surface area contributed by atoms with Crippen molar-refractivity contribution in [3.8, 4) is 0 Å². The molecule has 0 heterocycles. The molecule has 0 aromatic carbocycles. The summed E-state index contributed by atoms with van der Waals surface area (Å²) in [4.78, 5) is 0. The third-order valence-electron chi connectivity index (χ3n) is 1.38. The van der Waals surface area contributed by atoms with Crippen molar-refractivity contribution >= 4 is 0 Å². The van der Waals surface area contributed by atoms with Gasteiger partial charge in [-0.25, -0.2) is 0 Å². The van der Waals surface area contributed by atoms with Gasteiger partial charge in [-0.2, -0.15) is 0 Å². The van der Waals surface area contributed by atoms with E-state index in [0.717, 1.165) is 0 Å². The van der Waals surface area contributed by atoms with Crippen LogP contribution in [-0.4, -0.2) is 72.6 Å². The molecular weight excluding hydrogens is 208 g/mol. The first kappa shape index (κ1) is 14.7. The first-order valence-corrected chi connectivity index (χ1v) is 4.51. The van der Waals surface area contributed by atoms with Crippen molar-refractivity contribution in [2.24, 2.45) is 0 Å². The number of hydrogen-bond acceptors (Lipinski definition) is 7. The second-order valence-corrected chi connectivity index (χ2v) is 2.85. The minimum Gasteiger partial charge on any atom is -0.394 e. The molecule has 0 spiro atoms. The number of aliphatic hydroxyl groups excluding tert-OH is 4. The van der Waals surface area contributed by atoms with Crippen LogP contribution in [0, 0.1) is 0 Å². The molecule has 0 radical (unpaired) electrons. The van der Waals surface area contributed by atoms with Gasteiger partial charge in [0, 0.05) is 0 Å². The van der Waals surface area contributed by atoms with E-state index in [9.17, 15) is 0 Å². The van der Waals surface area contributed by atoms with Crippen molar-refractivity contribution in [3.05, 3.63) is 0 Å². The van der Waals surface area contributed by atoms with Crippen LogP contribution in [0.3, 0.4) is 0 Å². The molecule has 7 heteroatoms. The van der Waals surface area contributed by atoms with Gasteiger partial charge >= 0.3 is 0 Å². The molecule has 92 valence electrons. The molecule has 0 rings (SSSR count). The van der Waals surface area contributed by atoms with Crippen LogP contribution in [0.5, 0.6) is 0 Å². The van der Waals surface area contributed by atoms with Crippen molar-refractivity contribution in [1.29, 1.82) is 0 Å². The van der Waals surface area contributed by atoms with E-state index in [0.29, 0.717) is 0 Å². The Morgan fingerprint density at radius 1 is 0.733 bits per heavy atom. The molecule has 7 nitrogen and oxygen atoms in total. The van der Waals surface area contributed by atoms with Crippen LogP contribution >= 0.6 is 0 Å². The first-order chi connectivity index (χ1) is 7.20. The van der Waals surface area contributed by atoms with Crippen LogP contribution in [-0.2, 0) is 14.2 Å². The van der Waals surface area contributed by atoms with Crippen LogP contribution in [0.2, 0.25) is 0 Å². The molecule has 4 N–H and O–H groups in total. The summed E-state index contributed by atoms with van der Waals surface area (Å²) in [6, 6.07) is 0. The summed E-state index contributed by atoms with van der Waals surface area (Å²) in [5, 5.41) is 34.5. The molecule has 0 aliphatic carbocycles. The largest absolute Gasteiger partial charge is 0.394 e. The average Bonchev–Trinajstić information content (AvgIpc) is 2.26. The molecule has 0 bridgehead atoms. The summed E-state index contributed by atoms with van der Waals surface area (Å²) < 4.78 is 14.4. The van der Waals surface area contributed by atoms with E-state index in [4.69, 9.17) is 34.6 Å². The van der Waals surface area contributed by atoms with Gasteiger partial charge in [0.15, 0.2) is 0 Å². The van der Waals surface area contributed by atoms with Crippen LogP contribution in [0.1, 0.15) is 0 Å². The predicted molar refractivity (Wildman–Crippen MR) is 48.9 cm³/mol. The summed E-state index contributed by atoms with van der Waals surface area (Å²) in [7, 11) is 0. The maximum atomic E-state index is 8.84. The lowest BCUT2D eigenvalue weighted by atomic mass is 10.4. The predicted octanol–water partition coefficient (Wildman–Crippen LogP) is -2.34. The quantitative estimate of drug-likeness (QED) is 0.244. The Morgan fingerprint density at radius 3 is 1.47 bits per heavy atom. The van der Waals surface area contributed by atoms with Gasteiger partial charge < -0.3 is 34.6 Å². The van der Waals surface area contributed by atoms with Crippen LogP contribution in [0.4, 0.5) is 0 Å². The fourth-order valence-corrected chi connectivity index (χ4v) is 0.626. The highest BCUT2D eigenvalue weighted by Gasteiger charge is 2.02. The maximum absolute atomic E-state index is 8.84. The lowest BCUT2D eigenvalue weighted by Gasteiger charge is -2.10. The van der Waals surface area contributed by atoms with Crippen LogP contribution in [0.25, 0.3) is 0 Å². The highest BCUT2D eigenvalue weighted by atomic mass is 16.7. The summed E-state index contributed by atoms with van der Waals surface area (Å²) in [6.07, 6.45) is -1.82. The summed E-state index contributed by atoms with van der Waals surface area (Å²) in [5.41, 5.74) is 0. The fraction of sp³-hybridized carbons (Fsp3) is 1.00. The van der Waals surface area contributed by atoms with E-state index in [-0.39, 0.29) is 40.0 Å². The standard InChI is InChI=1S/C8H18O7/c9-1-7(11)3-13-5-15-6-14-4-8(12)2-10/h7-12H,1-6H2. The van der Waals surface area contributed by atoms with Crippen LogP contribution < -0.4 is 0 Å². The van der Waals surface area contributed by atoms with E-state index in [1.807, 2.05) is 0 Å². The Hall–Kier alpha value is -0.280. The van der Waals surface area contributed by atoms with E-state index in [2.05, 4.69) is 0 Å². The summed E-state index contributed by atoms with van der Waals surface area (Å²) in [5.74, 6) is 0. The Balaban J connectivity index is 3.05. The van der Waals surface area contributed by atoms with Crippen molar-refractivity contribution in [3.63, 3.8) is 0 Å². The zero-order valence-electron chi connectivity index (χ0n) is 8.41. The molecule has 0 saturated heterocycles. The average molecular weight is 226 g/mol. The molecule has 0 aliphatic rings. The topological polar surface area (TPSA) is 109 Å². The SMILES string of the molecule is OCC(O)COCOCOCC(O)CO. The zero-order chi connectivity index (χ0) is 11.5. The smallest absolute Gasteiger partial charge is 0.149 e. The van der Waals surface area contributed by atoms with Gasteiger partial charge in [-0.05, 0) is 0 Å². The van der Waals surface area contributed by atoms with Crippen molar-refractivity contribution in [2.75, 3.05) is 40.0 Å². The molecule has 0 aromatic rings. The van der Waals surface area contributed by atoms with Gasteiger partial charge in [0.2, 0.25) is 0 Å². The highest BCUT2D eigenvalue weighted by Crippen LogP contribution is 1.87. The fourth-order valence-electron chi connectivity index (χ4n) is 0.626. The minimum atomic E-state index is -0.911. The second-order valence-electron chi connectivity index (χ2n) is 2.85. The van der Waals surface area contributed by atoms with Crippen molar-refractivity contribution in [1.82, 2.24) is 0 Å². The van der Waals surface area contributed by atoms with E-state index < -0.39 is 12.2 Å². The number of hydrogen-bond donors (Lipinski definition) is 4. The molecule has 0 amide bonds. The Morgan fingerprint density at radius 2 is 1.13 bits per heavy atom. The van der Waals surface area contributed by atoms with Crippen LogP contribution in [0.15, 0.2) is 0 Å². The van der Waals surface area contributed by atoms with Gasteiger partial charge in [0.1, 0.15) is 25.8 Å². The molecule has 0 fully saturated rings. The third kappa shape index (κ3) is 10.0. The number of rotatable bonds is 10. The minimum absolute atomic E-state index is 0.0181. The molecule has 2 unspecified atom stereocenters. The second kappa shape index (κ2) is 10.2. The normalized spacial score (nSPS) is 15.2. The highest BCUT2D eigenvalue weighted by molar-refractivity contribution is 4.47. The number of aliphatic hydroxyl groups is 4. The number of ether oxygens (including phenoxy) is 3. The Kier molecular flexibility index (Phi) is 10.1. The van der Waals surface area contributed by atoms with E-state index in [1.54, 1.807) is 0 Å². The van der Waals surface area contributed by atoms with Gasteiger partial charge in [-0.3, -0.25) is 0 Å². The molecule has 0 aliphatic heterocycles. The third-order valence-corrected chi connectivity index (χ3v) is 1.38. The molecule has 15 heavy (non-hydrogen) atoms. The van der Waals surface area contributed by atoms with Crippen molar-refractivity contribution < 1.29 is 34.6 Å². The molecule has 0 saturated carbocycles. The van der Waals surface area contributed by atoms with Gasteiger partial charge in [0.25, 0.3) is 0 Å². The van der Waals surface area contributed by atoms with Crippen molar-refractivity contribution in [2.45, 2.75) is 12.2 Å². The monoisotopic (exact) mass is 226 g/mol. The lowest BCUT2D eigenvalue weighted by Crippen LogP contribution is -2.22. The van der Waals surface area contributed by atoms with E-state index in [1.165, 1.54) is 0 Å². The summed E-state index contributed by atoms with van der Waals surface area (Å²) in [6.45, 7) is -0.914. The molecule has 2 atom stereocenters. The Labute approximate surface area is 87.8 Å². The van der Waals surface area contributed by atoms with E-state index >= 15 is 0 Å². The van der Waals surface area contributed by atoms with Gasteiger partial charge in [0.05, 0.1) is 26.4 Å². The molecular formula is C8H18O7. The summed E-state index contributed by atoms with van der Waals surface area (Å²) >= 11 is 0. The lowest BCUT2D eigenvalue weighted by molar-refractivity contribution is -0.153. The first-order valence-electron chi connectivity index (χ1n) is 4.51. The Bertz CT molecular complexity index is 118.